The fourth-order valence-corrected chi connectivity index (χ4v) is 3.08. The molecule has 0 bridgehead atoms. The second-order valence-electron chi connectivity index (χ2n) is 5.27. The summed E-state index contributed by atoms with van der Waals surface area (Å²) >= 11 is 12.2. The molecule has 2 rings (SSSR count). The minimum Gasteiger partial charge on any atom is -0.292 e. The zero-order valence-electron chi connectivity index (χ0n) is 11.4. The molecule has 2 nitrogen and oxygen atoms in total. The van der Waals surface area contributed by atoms with Gasteiger partial charge in [0.2, 0.25) is 0 Å². The van der Waals surface area contributed by atoms with Gasteiger partial charge in [0, 0.05) is 10.6 Å². The number of rotatable bonds is 4. The summed E-state index contributed by atoms with van der Waals surface area (Å²) in [6.45, 7) is 6.02. The van der Waals surface area contributed by atoms with E-state index in [-0.39, 0.29) is 5.78 Å². The molecule has 1 saturated heterocycles. The fourth-order valence-electron chi connectivity index (χ4n) is 2.70. The van der Waals surface area contributed by atoms with E-state index in [1.807, 2.05) is 6.92 Å². The summed E-state index contributed by atoms with van der Waals surface area (Å²) in [7, 11) is 0. The first-order valence-corrected chi connectivity index (χ1v) is 7.49. The Morgan fingerprint density at radius 2 is 1.95 bits per heavy atom. The van der Waals surface area contributed by atoms with Gasteiger partial charge in [-0.1, -0.05) is 30.1 Å². The van der Waals surface area contributed by atoms with Crippen molar-refractivity contribution in [2.45, 2.75) is 38.6 Å². The van der Waals surface area contributed by atoms with Gasteiger partial charge >= 0.3 is 0 Å². The first-order valence-electron chi connectivity index (χ1n) is 6.74. The molecule has 1 aromatic carbocycles. The molecule has 19 heavy (non-hydrogen) atoms. The molecule has 0 radical (unpaired) electrons. The van der Waals surface area contributed by atoms with Crippen LogP contribution in [-0.2, 0) is 0 Å². The number of carbonyl (C=O) groups is 1. The topological polar surface area (TPSA) is 20.3 Å². The maximum Gasteiger partial charge on any atom is 0.184 e. The molecule has 4 heteroatoms. The number of halogens is 2. The monoisotopic (exact) mass is 299 g/mol. The van der Waals surface area contributed by atoms with Crippen molar-refractivity contribution in [1.29, 1.82) is 0 Å². The van der Waals surface area contributed by atoms with Crippen molar-refractivity contribution in [1.82, 2.24) is 4.90 Å². The van der Waals surface area contributed by atoms with Gasteiger partial charge in [-0.2, -0.15) is 0 Å². The predicted octanol–water partition coefficient (Wildman–Crippen LogP) is 4.44. The fraction of sp³-hybridized carbons (Fsp3) is 0.533. The number of nitrogens with zero attached hydrogens (tertiary/aromatic N) is 1. The Morgan fingerprint density at radius 3 is 2.53 bits per heavy atom. The third-order valence-electron chi connectivity index (χ3n) is 4.15. The van der Waals surface area contributed by atoms with Gasteiger partial charge in [0.15, 0.2) is 5.78 Å². The minimum atomic E-state index is -0.481. The van der Waals surface area contributed by atoms with Crippen LogP contribution in [-0.4, -0.2) is 29.3 Å². The number of carbonyl (C=O) groups excluding carboxylic acids is 1. The lowest BCUT2D eigenvalue weighted by Crippen LogP contribution is -2.50. The minimum absolute atomic E-state index is 0.0735. The zero-order valence-corrected chi connectivity index (χ0v) is 12.9. The van der Waals surface area contributed by atoms with Crippen molar-refractivity contribution in [2.75, 3.05) is 13.1 Å². The van der Waals surface area contributed by atoms with E-state index in [0.717, 1.165) is 32.4 Å². The molecule has 1 aliphatic heterocycles. The predicted molar refractivity (Wildman–Crippen MR) is 80.3 cm³/mol. The Bertz CT molecular complexity index is 483. The van der Waals surface area contributed by atoms with Crippen LogP contribution < -0.4 is 0 Å². The molecule has 1 aromatic rings. The molecule has 0 aromatic heterocycles. The number of Topliss-reactive ketones (excluding diaryl/α,β-unsaturated/α-hetero) is 1. The Hall–Kier alpha value is -0.570. The molecule has 104 valence electrons. The van der Waals surface area contributed by atoms with Gasteiger partial charge in [-0.05, 0) is 57.5 Å². The molecule has 1 fully saturated rings. The summed E-state index contributed by atoms with van der Waals surface area (Å²) in [6, 6.07) is 5.08. The standard InChI is InChI=1S/C15H19Cl2NO/c1-3-15(2,18-8-4-5-9-18)14(19)12-10-11(16)6-7-13(12)17/h6-7,10H,3-5,8-9H2,1-2H3. The summed E-state index contributed by atoms with van der Waals surface area (Å²) in [5.41, 5.74) is 0.0515. The smallest absolute Gasteiger partial charge is 0.184 e. The lowest BCUT2D eigenvalue weighted by Gasteiger charge is -2.37. The number of likely N-dealkylation sites (tertiary alicyclic amines) is 1. The molecule has 0 saturated carbocycles. The summed E-state index contributed by atoms with van der Waals surface area (Å²) in [4.78, 5) is 15.1. The largest absolute Gasteiger partial charge is 0.292 e. The van der Waals surface area contributed by atoms with E-state index in [2.05, 4.69) is 11.8 Å². The highest BCUT2D eigenvalue weighted by Crippen LogP contribution is 2.31. The Balaban J connectivity index is 2.37. The maximum atomic E-state index is 12.9. The lowest BCUT2D eigenvalue weighted by atomic mass is 9.87. The molecule has 1 unspecified atom stereocenters. The number of benzene rings is 1. The van der Waals surface area contributed by atoms with Gasteiger partial charge in [0.05, 0.1) is 10.6 Å². The highest BCUT2D eigenvalue weighted by Gasteiger charge is 2.40. The van der Waals surface area contributed by atoms with Gasteiger partial charge in [-0.3, -0.25) is 9.69 Å². The summed E-state index contributed by atoms with van der Waals surface area (Å²) < 4.78 is 0. The first kappa shape index (κ1) is 14.8. The van der Waals surface area contributed by atoms with E-state index in [4.69, 9.17) is 23.2 Å². The SMILES string of the molecule is CCC(C)(C(=O)c1cc(Cl)ccc1Cl)N1CCCC1. The second-order valence-corrected chi connectivity index (χ2v) is 6.12. The summed E-state index contributed by atoms with van der Waals surface area (Å²) in [6.07, 6.45) is 3.09. The number of hydrogen-bond donors (Lipinski definition) is 0. The molecule has 0 N–H and O–H groups in total. The molecule has 0 spiro atoms. The van der Waals surface area contributed by atoms with Crippen molar-refractivity contribution in [3.8, 4) is 0 Å². The van der Waals surface area contributed by atoms with E-state index in [1.165, 1.54) is 0 Å². The average molecular weight is 300 g/mol. The van der Waals surface area contributed by atoms with Gasteiger partial charge in [0.1, 0.15) is 0 Å². The normalized spacial score (nSPS) is 19.4. The van der Waals surface area contributed by atoms with Crippen molar-refractivity contribution >= 4 is 29.0 Å². The van der Waals surface area contributed by atoms with E-state index >= 15 is 0 Å². The summed E-state index contributed by atoms with van der Waals surface area (Å²) in [5.74, 6) is 0.0735. The van der Waals surface area contributed by atoms with E-state index in [1.54, 1.807) is 18.2 Å². The number of ketones is 1. The van der Waals surface area contributed by atoms with Gasteiger partial charge in [0.25, 0.3) is 0 Å². The Kier molecular flexibility index (Phi) is 4.54. The second kappa shape index (κ2) is 5.82. The van der Waals surface area contributed by atoms with E-state index in [0.29, 0.717) is 15.6 Å². The Labute approximate surface area is 124 Å². The average Bonchev–Trinajstić information content (AvgIpc) is 2.94. The van der Waals surface area contributed by atoms with Crippen LogP contribution in [0.5, 0.6) is 0 Å². The summed E-state index contributed by atoms with van der Waals surface area (Å²) in [5, 5.41) is 1.03. The van der Waals surface area contributed by atoms with Crippen LogP contribution in [0.3, 0.4) is 0 Å². The third kappa shape index (κ3) is 2.81. The van der Waals surface area contributed by atoms with Gasteiger partial charge in [-0.15, -0.1) is 0 Å². The molecule has 1 aliphatic rings. The van der Waals surface area contributed by atoms with Crippen molar-refractivity contribution in [3.05, 3.63) is 33.8 Å². The maximum absolute atomic E-state index is 12.9. The highest BCUT2D eigenvalue weighted by atomic mass is 35.5. The van der Waals surface area contributed by atoms with Crippen molar-refractivity contribution in [2.24, 2.45) is 0 Å². The highest BCUT2D eigenvalue weighted by molar-refractivity contribution is 6.36. The molecule has 1 heterocycles. The van der Waals surface area contributed by atoms with Crippen molar-refractivity contribution in [3.63, 3.8) is 0 Å². The molecule has 0 aliphatic carbocycles. The van der Waals surface area contributed by atoms with Crippen LogP contribution in [0.1, 0.15) is 43.5 Å². The van der Waals surface area contributed by atoms with Crippen LogP contribution in [0.25, 0.3) is 0 Å². The van der Waals surface area contributed by atoms with Crippen LogP contribution >= 0.6 is 23.2 Å². The molecular weight excluding hydrogens is 281 g/mol. The van der Waals surface area contributed by atoms with Crippen molar-refractivity contribution < 1.29 is 4.79 Å². The zero-order chi connectivity index (χ0) is 14.0. The van der Waals surface area contributed by atoms with E-state index in [9.17, 15) is 4.79 Å². The first-order chi connectivity index (χ1) is 8.99. The van der Waals surface area contributed by atoms with Gasteiger partial charge in [-0.25, -0.2) is 0 Å². The lowest BCUT2D eigenvalue weighted by molar-refractivity contribution is 0.0648. The molecular formula is C15H19Cl2NO. The number of hydrogen-bond acceptors (Lipinski definition) is 2. The van der Waals surface area contributed by atoms with E-state index < -0.39 is 5.54 Å². The molecule has 0 amide bonds. The van der Waals surface area contributed by atoms with Crippen LogP contribution in [0.2, 0.25) is 10.0 Å². The van der Waals surface area contributed by atoms with Gasteiger partial charge < -0.3 is 0 Å². The van der Waals surface area contributed by atoms with Crippen LogP contribution in [0.15, 0.2) is 18.2 Å². The molecule has 1 atom stereocenters. The Morgan fingerprint density at radius 1 is 1.32 bits per heavy atom. The van der Waals surface area contributed by atoms with Crippen LogP contribution in [0, 0.1) is 0 Å². The third-order valence-corrected chi connectivity index (χ3v) is 4.72. The quantitative estimate of drug-likeness (QED) is 0.766. The van der Waals surface area contributed by atoms with Crippen LogP contribution in [0.4, 0.5) is 0 Å².